The van der Waals surface area contributed by atoms with Crippen molar-refractivity contribution in [3.63, 3.8) is 0 Å². The minimum Gasteiger partial charge on any atom is -0.379 e. The van der Waals surface area contributed by atoms with E-state index in [1.165, 1.54) is 10.9 Å². The first-order valence-electron chi connectivity index (χ1n) is 9.79. The summed E-state index contributed by atoms with van der Waals surface area (Å²) >= 11 is 0. The predicted molar refractivity (Wildman–Crippen MR) is 116 cm³/mol. The van der Waals surface area contributed by atoms with E-state index in [1.807, 2.05) is 30.3 Å². The fraction of sp³-hybridized carbons (Fsp3) is 0.182. The van der Waals surface area contributed by atoms with E-state index in [0.717, 1.165) is 5.69 Å². The number of rotatable bonds is 6. The lowest BCUT2D eigenvalue weighted by Gasteiger charge is -2.35. The molecule has 1 saturated heterocycles. The van der Waals surface area contributed by atoms with Gasteiger partial charge < -0.3 is 15.2 Å². The Labute approximate surface area is 177 Å². The van der Waals surface area contributed by atoms with Crippen LogP contribution in [0.3, 0.4) is 0 Å². The van der Waals surface area contributed by atoms with E-state index < -0.39 is 5.60 Å². The van der Waals surface area contributed by atoms with Crippen LogP contribution >= 0.6 is 0 Å². The summed E-state index contributed by atoms with van der Waals surface area (Å²) in [4.78, 5) is 26.5. The predicted octanol–water partition coefficient (Wildman–Crippen LogP) is 2.12. The molecule has 3 aromatic heterocycles. The van der Waals surface area contributed by atoms with Crippen LogP contribution in [0.25, 0.3) is 16.9 Å². The van der Waals surface area contributed by atoms with Crippen LogP contribution < -0.4 is 10.9 Å². The Morgan fingerprint density at radius 2 is 1.97 bits per heavy atom. The normalized spacial score (nSPS) is 14.9. The lowest BCUT2D eigenvalue weighted by molar-refractivity contribution is -0.186. The van der Waals surface area contributed by atoms with Gasteiger partial charge in [0, 0.05) is 11.9 Å². The van der Waals surface area contributed by atoms with E-state index in [2.05, 4.69) is 26.8 Å². The van der Waals surface area contributed by atoms with Gasteiger partial charge in [0.25, 0.3) is 5.56 Å². The van der Waals surface area contributed by atoms with Gasteiger partial charge in [-0.05, 0) is 24.3 Å². The summed E-state index contributed by atoms with van der Waals surface area (Å²) in [7, 11) is 0. The van der Waals surface area contributed by atoms with Crippen LogP contribution in [0, 0.1) is 0 Å². The molecule has 0 aliphatic carbocycles. The summed E-state index contributed by atoms with van der Waals surface area (Å²) in [5.74, 6) is 0.807. The molecule has 0 atom stereocenters. The van der Waals surface area contributed by atoms with Crippen molar-refractivity contribution < 1.29 is 9.84 Å². The van der Waals surface area contributed by atoms with Crippen molar-refractivity contribution in [3.8, 4) is 5.82 Å². The third-order valence-corrected chi connectivity index (χ3v) is 5.12. The number of ether oxygens (including phenoxy) is 1. The second kappa shape index (κ2) is 7.46. The number of benzene rings is 1. The van der Waals surface area contributed by atoms with E-state index in [4.69, 9.17) is 4.74 Å². The summed E-state index contributed by atoms with van der Waals surface area (Å²) in [5, 5.41) is 14.1. The highest BCUT2D eigenvalue weighted by molar-refractivity contribution is 5.77. The fourth-order valence-corrected chi connectivity index (χ4v) is 3.50. The van der Waals surface area contributed by atoms with Crippen LogP contribution in [0.5, 0.6) is 0 Å². The van der Waals surface area contributed by atoms with Gasteiger partial charge in [0.2, 0.25) is 5.95 Å². The second-order valence-electron chi connectivity index (χ2n) is 7.32. The molecule has 1 aliphatic heterocycles. The summed E-state index contributed by atoms with van der Waals surface area (Å²) in [6, 6.07) is 14.8. The second-order valence-corrected chi connectivity index (χ2v) is 7.32. The molecule has 5 rings (SSSR count). The van der Waals surface area contributed by atoms with Crippen molar-refractivity contribution in [1.82, 2.24) is 24.3 Å². The SMILES string of the molecule is C=CCn1c(=O)c2cnc(Nc3ccccc3)nc2n1-c1cccc(C2(O)COC2)n1. The summed E-state index contributed by atoms with van der Waals surface area (Å²) < 4.78 is 8.27. The maximum atomic E-state index is 13.0. The van der Waals surface area contributed by atoms with Gasteiger partial charge in [-0.25, -0.2) is 19.3 Å². The van der Waals surface area contributed by atoms with Crippen LogP contribution in [0.4, 0.5) is 11.6 Å². The zero-order chi connectivity index (χ0) is 21.4. The number of fused-ring (bicyclic) bond motifs is 1. The molecule has 0 bridgehead atoms. The third kappa shape index (κ3) is 3.29. The standard InChI is InChI=1S/C22H20N6O3/c1-2-11-27-20(29)16-12-23-21(24-15-7-4-3-5-8-15)26-19(16)28(27)18-10-6-9-17(25-18)22(30)13-31-14-22/h2-10,12,30H,1,11,13-14H2,(H,23,24,26). The lowest BCUT2D eigenvalue weighted by atomic mass is 9.97. The molecule has 4 aromatic rings. The number of aliphatic hydroxyl groups is 1. The Balaban J connectivity index is 1.67. The minimum atomic E-state index is -1.13. The van der Waals surface area contributed by atoms with E-state index >= 15 is 0 Å². The van der Waals surface area contributed by atoms with Gasteiger partial charge >= 0.3 is 0 Å². The average Bonchev–Trinajstić information content (AvgIpc) is 3.04. The molecule has 31 heavy (non-hydrogen) atoms. The Bertz CT molecular complexity index is 1320. The summed E-state index contributed by atoms with van der Waals surface area (Å²) in [6.45, 7) is 4.38. The number of nitrogens with one attached hydrogen (secondary N) is 1. The topological polar surface area (TPSA) is 107 Å². The van der Waals surface area contributed by atoms with Crippen molar-refractivity contribution in [3.05, 3.63) is 83.4 Å². The molecule has 9 heteroatoms. The molecular formula is C22H20N6O3. The van der Waals surface area contributed by atoms with Gasteiger partial charge in [0.1, 0.15) is 5.39 Å². The highest BCUT2D eigenvalue weighted by Crippen LogP contribution is 2.28. The molecule has 4 heterocycles. The zero-order valence-corrected chi connectivity index (χ0v) is 16.6. The molecule has 0 saturated carbocycles. The number of allylic oxidation sites excluding steroid dienone is 1. The quantitative estimate of drug-likeness (QED) is 0.464. The highest BCUT2D eigenvalue weighted by Gasteiger charge is 2.39. The molecule has 1 fully saturated rings. The van der Waals surface area contributed by atoms with Crippen LogP contribution in [0.2, 0.25) is 0 Å². The maximum Gasteiger partial charge on any atom is 0.278 e. The first-order chi connectivity index (χ1) is 15.1. The van der Waals surface area contributed by atoms with Gasteiger partial charge in [0.15, 0.2) is 17.1 Å². The molecule has 0 amide bonds. The number of hydrogen-bond donors (Lipinski definition) is 2. The first kappa shape index (κ1) is 19.2. The largest absolute Gasteiger partial charge is 0.379 e. The van der Waals surface area contributed by atoms with Gasteiger partial charge in [-0.15, -0.1) is 6.58 Å². The third-order valence-electron chi connectivity index (χ3n) is 5.12. The molecule has 0 radical (unpaired) electrons. The monoisotopic (exact) mass is 416 g/mol. The van der Waals surface area contributed by atoms with Gasteiger partial charge in [-0.3, -0.25) is 4.79 Å². The first-order valence-corrected chi connectivity index (χ1v) is 9.79. The van der Waals surface area contributed by atoms with Gasteiger partial charge in [-0.1, -0.05) is 30.3 Å². The molecule has 2 N–H and O–H groups in total. The molecule has 156 valence electrons. The molecule has 1 aromatic carbocycles. The van der Waals surface area contributed by atoms with Crippen LogP contribution in [0.15, 0.2) is 72.2 Å². The fourth-order valence-electron chi connectivity index (χ4n) is 3.50. The van der Waals surface area contributed by atoms with Crippen molar-refractivity contribution in [2.75, 3.05) is 18.5 Å². The van der Waals surface area contributed by atoms with Crippen molar-refractivity contribution in [1.29, 1.82) is 0 Å². The van der Waals surface area contributed by atoms with Crippen molar-refractivity contribution in [2.24, 2.45) is 0 Å². The van der Waals surface area contributed by atoms with Crippen molar-refractivity contribution in [2.45, 2.75) is 12.1 Å². The average molecular weight is 416 g/mol. The number of aromatic nitrogens is 5. The number of nitrogens with zero attached hydrogens (tertiary/aromatic N) is 5. The van der Waals surface area contributed by atoms with Crippen LogP contribution in [-0.2, 0) is 16.9 Å². The number of para-hydroxylation sites is 1. The smallest absolute Gasteiger partial charge is 0.278 e. The number of anilines is 2. The van der Waals surface area contributed by atoms with Crippen LogP contribution in [-0.4, -0.2) is 42.6 Å². The van der Waals surface area contributed by atoms with Gasteiger partial charge in [-0.2, -0.15) is 4.98 Å². The minimum absolute atomic E-state index is 0.183. The Morgan fingerprint density at radius 3 is 2.68 bits per heavy atom. The Hall–Kier alpha value is -3.82. The van der Waals surface area contributed by atoms with E-state index in [-0.39, 0.29) is 25.3 Å². The van der Waals surface area contributed by atoms with Gasteiger partial charge in [0.05, 0.1) is 25.5 Å². The molecule has 0 unspecified atom stereocenters. The zero-order valence-electron chi connectivity index (χ0n) is 16.6. The van der Waals surface area contributed by atoms with E-state index in [1.54, 1.807) is 29.0 Å². The Kier molecular flexibility index (Phi) is 4.61. The van der Waals surface area contributed by atoms with Crippen LogP contribution in [0.1, 0.15) is 5.69 Å². The molecule has 1 aliphatic rings. The highest BCUT2D eigenvalue weighted by atomic mass is 16.5. The lowest BCUT2D eigenvalue weighted by Crippen LogP contribution is -2.47. The number of hydrogen-bond acceptors (Lipinski definition) is 7. The number of pyridine rings is 1. The summed E-state index contributed by atoms with van der Waals surface area (Å²) in [5.41, 5.74) is 0.333. The summed E-state index contributed by atoms with van der Waals surface area (Å²) in [6.07, 6.45) is 3.13. The van der Waals surface area contributed by atoms with Crippen molar-refractivity contribution >= 4 is 22.7 Å². The maximum absolute atomic E-state index is 13.0. The van der Waals surface area contributed by atoms with E-state index in [0.29, 0.717) is 28.5 Å². The molecule has 0 spiro atoms. The Morgan fingerprint density at radius 1 is 1.16 bits per heavy atom. The molecule has 9 nitrogen and oxygen atoms in total. The molecular weight excluding hydrogens is 396 g/mol. The van der Waals surface area contributed by atoms with E-state index in [9.17, 15) is 9.90 Å².